The van der Waals surface area contributed by atoms with Crippen LogP contribution in [0.1, 0.15) is 36.7 Å². The minimum absolute atomic E-state index is 0.0260. The highest BCUT2D eigenvalue weighted by Crippen LogP contribution is 2.28. The van der Waals surface area contributed by atoms with Crippen LogP contribution in [0.25, 0.3) is 0 Å². The number of ether oxygens (including phenoxy) is 1. The maximum atomic E-state index is 12.5. The van der Waals surface area contributed by atoms with Crippen molar-refractivity contribution in [2.75, 3.05) is 13.2 Å². The maximum absolute atomic E-state index is 12.5. The number of furan rings is 1. The average Bonchev–Trinajstić information content (AvgIpc) is 3.25. The fraction of sp³-hybridized carbons (Fsp3) is 0.421. The summed E-state index contributed by atoms with van der Waals surface area (Å²) in [6.07, 6.45) is 3.20. The topological polar surface area (TPSA) is 62.9 Å². The molecule has 1 fully saturated rings. The summed E-state index contributed by atoms with van der Waals surface area (Å²) in [5.74, 6) is 1.25. The van der Waals surface area contributed by atoms with E-state index in [9.17, 15) is 9.90 Å². The fourth-order valence-electron chi connectivity index (χ4n) is 3.20. The molecule has 0 aliphatic carbocycles. The van der Waals surface area contributed by atoms with Crippen LogP contribution in [-0.4, -0.2) is 35.1 Å². The van der Waals surface area contributed by atoms with Gasteiger partial charge < -0.3 is 19.2 Å². The normalized spacial score (nSPS) is 18.6. The summed E-state index contributed by atoms with van der Waals surface area (Å²) in [7, 11) is 0. The molecule has 2 unspecified atom stereocenters. The summed E-state index contributed by atoms with van der Waals surface area (Å²) in [6, 6.07) is 11.2. The van der Waals surface area contributed by atoms with E-state index in [4.69, 9.17) is 9.15 Å². The lowest BCUT2D eigenvalue weighted by Gasteiger charge is -2.26. The lowest BCUT2D eigenvalue weighted by atomic mass is 10.1. The molecule has 1 saturated heterocycles. The van der Waals surface area contributed by atoms with Crippen molar-refractivity contribution in [3.05, 3.63) is 54.0 Å². The van der Waals surface area contributed by atoms with E-state index in [0.717, 1.165) is 24.2 Å². The third-order valence-corrected chi connectivity index (χ3v) is 4.51. The molecule has 1 N–H and O–H groups in total. The molecule has 128 valence electrons. The largest absolute Gasteiger partial charge is 0.484 e. The predicted octanol–water partition coefficient (Wildman–Crippen LogP) is 3.08. The van der Waals surface area contributed by atoms with Crippen molar-refractivity contribution in [1.82, 2.24) is 4.90 Å². The zero-order valence-corrected chi connectivity index (χ0v) is 13.9. The minimum Gasteiger partial charge on any atom is -0.484 e. The zero-order valence-electron chi connectivity index (χ0n) is 13.9. The van der Waals surface area contributed by atoms with Gasteiger partial charge in [-0.15, -0.1) is 0 Å². The first-order valence-electron chi connectivity index (χ1n) is 8.34. The number of aliphatic hydroxyl groups excluding tert-OH is 1. The number of nitrogens with zero attached hydrogens (tertiary/aromatic N) is 1. The molecule has 2 aromatic rings. The minimum atomic E-state index is -0.685. The van der Waals surface area contributed by atoms with E-state index < -0.39 is 6.10 Å². The van der Waals surface area contributed by atoms with Gasteiger partial charge in [0.05, 0.1) is 6.26 Å². The summed E-state index contributed by atoms with van der Waals surface area (Å²) < 4.78 is 10.9. The van der Waals surface area contributed by atoms with Crippen molar-refractivity contribution in [3.8, 4) is 5.75 Å². The molecule has 3 rings (SSSR count). The standard InChI is InChI=1S/C19H23NO4/c1-14-6-2-3-8-17(14)24-13-19(22)20-10-4-7-15(20)12-16(21)18-9-5-11-23-18/h2-3,5-6,8-9,11,15-16,21H,4,7,10,12-13H2,1H3. The molecule has 24 heavy (non-hydrogen) atoms. The molecule has 5 heteroatoms. The summed E-state index contributed by atoms with van der Waals surface area (Å²) in [6.45, 7) is 2.70. The van der Waals surface area contributed by atoms with E-state index in [1.165, 1.54) is 0 Å². The van der Waals surface area contributed by atoms with Gasteiger partial charge in [-0.25, -0.2) is 0 Å². The van der Waals surface area contributed by atoms with Gasteiger partial charge in [-0.3, -0.25) is 4.79 Å². The van der Waals surface area contributed by atoms with Crippen molar-refractivity contribution in [2.24, 2.45) is 0 Å². The third-order valence-electron chi connectivity index (χ3n) is 4.51. The molecule has 5 nitrogen and oxygen atoms in total. The average molecular weight is 329 g/mol. The first-order chi connectivity index (χ1) is 11.6. The van der Waals surface area contributed by atoms with Crippen molar-refractivity contribution < 1.29 is 19.1 Å². The van der Waals surface area contributed by atoms with Gasteiger partial charge in [0, 0.05) is 19.0 Å². The number of benzene rings is 1. The number of hydrogen-bond donors (Lipinski definition) is 1. The number of para-hydroxylation sites is 1. The molecule has 1 aliphatic heterocycles. The smallest absolute Gasteiger partial charge is 0.260 e. The highest BCUT2D eigenvalue weighted by molar-refractivity contribution is 5.78. The van der Waals surface area contributed by atoms with Crippen LogP contribution in [0.3, 0.4) is 0 Å². The first-order valence-corrected chi connectivity index (χ1v) is 8.34. The summed E-state index contributed by atoms with van der Waals surface area (Å²) >= 11 is 0. The predicted molar refractivity (Wildman–Crippen MR) is 89.7 cm³/mol. The van der Waals surface area contributed by atoms with Crippen LogP contribution in [0.2, 0.25) is 0 Å². The monoisotopic (exact) mass is 329 g/mol. The quantitative estimate of drug-likeness (QED) is 0.884. The summed E-state index contributed by atoms with van der Waals surface area (Å²) in [5, 5.41) is 10.3. The Kier molecular flexibility index (Phi) is 5.20. The lowest BCUT2D eigenvalue weighted by Crippen LogP contribution is -2.39. The fourth-order valence-corrected chi connectivity index (χ4v) is 3.20. The number of likely N-dealkylation sites (tertiary alicyclic amines) is 1. The number of carbonyl (C=O) groups is 1. The highest BCUT2D eigenvalue weighted by Gasteiger charge is 2.31. The van der Waals surface area contributed by atoms with Gasteiger partial charge in [0.2, 0.25) is 0 Å². The van der Waals surface area contributed by atoms with Crippen LogP contribution in [-0.2, 0) is 4.79 Å². The van der Waals surface area contributed by atoms with E-state index in [-0.39, 0.29) is 18.6 Å². The molecule has 0 bridgehead atoms. The van der Waals surface area contributed by atoms with E-state index in [0.29, 0.717) is 18.7 Å². The zero-order chi connectivity index (χ0) is 16.9. The molecule has 1 aromatic heterocycles. The molecular weight excluding hydrogens is 306 g/mol. The SMILES string of the molecule is Cc1ccccc1OCC(=O)N1CCCC1CC(O)c1ccco1. The van der Waals surface area contributed by atoms with Gasteiger partial charge in [-0.05, 0) is 43.5 Å². The van der Waals surface area contributed by atoms with Gasteiger partial charge in [0.1, 0.15) is 17.6 Å². The van der Waals surface area contributed by atoms with Gasteiger partial charge in [0.15, 0.2) is 6.61 Å². The van der Waals surface area contributed by atoms with Crippen molar-refractivity contribution in [2.45, 2.75) is 38.3 Å². The number of aliphatic hydroxyl groups is 1. The second-order valence-corrected chi connectivity index (χ2v) is 6.20. The molecule has 2 heterocycles. The number of hydrogen-bond acceptors (Lipinski definition) is 4. The van der Waals surface area contributed by atoms with Gasteiger partial charge in [0.25, 0.3) is 5.91 Å². The van der Waals surface area contributed by atoms with Gasteiger partial charge >= 0.3 is 0 Å². The Morgan fingerprint density at radius 2 is 2.21 bits per heavy atom. The summed E-state index contributed by atoms with van der Waals surface area (Å²) in [4.78, 5) is 14.3. The molecular formula is C19H23NO4. The molecule has 1 aliphatic rings. The van der Waals surface area contributed by atoms with E-state index in [1.54, 1.807) is 18.4 Å². The Morgan fingerprint density at radius 1 is 1.38 bits per heavy atom. The second kappa shape index (κ2) is 7.53. The number of aryl methyl sites for hydroxylation is 1. The second-order valence-electron chi connectivity index (χ2n) is 6.20. The highest BCUT2D eigenvalue weighted by atomic mass is 16.5. The van der Waals surface area contributed by atoms with Gasteiger partial charge in [-0.1, -0.05) is 18.2 Å². The van der Waals surface area contributed by atoms with Gasteiger partial charge in [-0.2, -0.15) is 0 Å². The van der Waals surface area contributed by atoms with Crippen LogP contribution in [0.15, 0.2) is 47.1 Å². The lowest BCUT2D eigenvalue weighted by molar-refractivity contribution is -0.134. The number of carbonyl (C=O) groups excluding carboxylic acids is 1. The molecule has 2 atom stereocenters. The molecule has 0 saturated carbocycles. The van der Waals surface area contributed by atoms with E-state index in [1.807, 2.05) is 36.1 Å². The Morgan fingerprint density at radius 3 is 2.96 bits per heavy atom. The number of amides is 1. The molecule has 0 radical (unpaired) electrons. The molecule has 1 aromatic carbocycles. The van der Waals surface area contributed by atoms with Crippen LogP contribution in [0.5, 0.6) is 5.75 Å². The van der Waals surface area contributed by atoms with Crippen LogP contribution >= 0.6 is 0 Å². The van der Waals surface area contributed by atoms with Crippen LogP contribution < -0.4 is 4.74 Å². The first kappa shape index (κ1) is 16.6. The Bertz CT molecular complexity index is 668. The number of rotatable bonds is 6. The molecule has 1 amide bonds. The van der Waals surface area contributed by atoms with Crippen LogP contribution in [0, 0.1) is 6.92 Å². The summed E-state index contributed by atoms with van der Waals surface area (Å²) in [5.41, 5.74) is 1.01. The Balaban J connectivity index is 1.56. The third kappa shape index (κ3) is 3.79. The van der Waals surface area contributed by atoms with E-state index in [2.05, 4.69) is 0 Å². The van der Waals surface area contributed by atoms with E-state index >= 15 is 0 Å². The maximum Gasteiger partial charge on any atom is 0.260 e. The molecule has 0 spiro atoms. The van der Waals surface area contributed by atoms with Crippen molar-refractivity contribution in [3.63, 3.8) is 0 Å². The van der Waals surface area contributed by atoms with Crippen molar-refractivity contribution >= 4 is 5.91 Å². The van der Waals surface area contributed by atoms with Crippen molar-refractivity contribution in [1.29, 1.82) is 0 Å². The van der Waals surface area contributed by atoms with Crippen LogP contribution in [0.4, 0.5) is 0 Å². The Hall–Kier alpha value is -2.27. The Labute approximate surface area is 141 Å².